The highest BCUT2D eigenvalue weighted by Crippen LogP contribution is 2.30. The van der Waals surface area contributed by atoms with Gasteiger partial charge in [0.25, 0.3) is 0 Å². The highest BCUT2D eigenvalue weighted by Gasteiger charge is 2.30. The van der Waals surface area contributed by atoms with Crippen molar-refractivity contribution < 1.29 is 31.5 Å². The molecule has 0 radical (unpaired) electrons. The molecule has 2 aromatic rings. The number of nitrogens with one attached hydrogen (secondary N) is 2. The van der Waals surface area contributed by atoms with Crippen molar-refractivity contribution in [1.29, 1.82) is 0 Å². The SMILES string of the molecule is CC(NC(=O)NCCc1ccc(OC(F)F)cc1)c1cccc(C(F)(F)F)c1. The molecule has 1 unspecified atom stereocenters. The minimum atomic E-state index is -4.45. The molecular formula is C19H19F5N2O2. The molecule has 0 heterocycles. The van der Waals surface area contributed by atoms with E-state index in [0.29, 0.717) is 12.0 Å². The molecule has 0 spiro atoms. The summed E-state index contributed by atoms with van der Waals surface area (Å²) in [4.78, 5) is 11.9. The summed E-state index contributed by atoms with van der Waals surface area (Å²) < 4.78 is 66.7. The molecule has 0 saturated heterocycles. The van der Waals surface area contributed by atoms with E-state index in [0.717, 1.165) is 17.7 Å². The van der Waals surface area contributed by atoms with E-state index in [4.69, 9.17) is 0 Å². The first-order valence-electron chi connectivity index (χ1n) is 8.40. The maximum absolute atomic E-state index is 12.8. The van der Waals surface area contributed by atoms with Gasteiger partial charge >= 0.3 is 18.8 Å². The number of amides is 2. The molecule has 2 rings (SSSR count). The van der Waals surface area contributed by atoms with Crippen LogP contribution in [-0.2, 0) is 12.6 Å². The molecule has 0 aliphatic rings. The summed E-state index contributed by atoms with van der Waals surface area (Å²) in [6.07, 6.45) is -4.01. The molecule has 0 aromatic heterocycles. The molecule has 0 aliphatic carbocycles. The molecule has 28 heavy (non-hydrogen) atoms. The van der Waals surface area contributed by atoms with Crippen LogP contribution in [0.3, 0.4) is 0 Å². The Morgan fingerprint density at radius 1 is 1.11 bits per heavy atom. The Bertz CT molecular complexity index is 779. The molecule has 9 heteroatoms. The quantitative estimate of drug-likeness (QED) is 0.647. The Labute approximate surface area is 158 Å². The van der Waals surface area contributed by atoms with Gasteiger partial charge < -0.3 is 15.4 Å². The van der Waals surface area contributed by atoms with Gasteiger partial charge in [-0.15, -0.1) is 0 Å². The molecule has 0 aliphatic heterocycles. The molecule has 2 N–H and O–H groups in total. The topological polar surface area (TPSA) is 50.4 Å². The van der Waals surface area contributed by atoms with E-state index in [1.54, 1.807) is 19.1 Å². The number of urea groups is 1. The Morgan fingerprint density at radius 3 is 2.39 bits per heavy atom. The highest BCUT2D eigenvalue weighted by atomic mass is 19.4. The van der Waals surface area contributed by atoms with Gasteiger partial charge in [0.15, 0.2) is 0 Å². The lowest BCUT2D eigenvalue weighted by atomic mass is 10.1. The van der Waals surface area contributed by atoms with E-state index >= 15 is 0 Å². The van der Waals surface area contributed by atoms with Crippen LogP contribution < -0.4 is 15.4 Å². The van der Waals surface area contributed by atoms with Gasteiger partial charge in [0.05, 0.1) is 11.6 Å². The maximum atomic E-state index is 12.8. The van der Waals surface area contributed by atoms with Gasteiger partial charge in [-0.25, -0.2) is 4.79 Å². The summed E-state index contributed by atoms with van der Waals surface area (Å²) >= 11 is 0. The number of hydrogen-bond donors (Lipinski definition) is 2. The van der Waals surface area contributed by atoms with Crippen molar-refractivity contribution >= 4 is 6.03 Å². The van der Waals surface area contributed by atoms with Gasteiger partial charge in [-0.3, -0.25) is 0 Å². The summed E-state index contributed by atoms with van der Waals surface area (Å²) in [6.45, 7) is -1.05. The number of alkyl halides is 5. The number of carbonyl (C=O) groups excluding carboxylic acids is 1. The van der Waals surface area contributed by atoms with Crippen LogP contribution in [0.4, 0.5) is 26.7 Å². The highest BCUT2D eigenvalue weighted by molar-refractivity contribution is 5.74. The predicted molar refractivity (Wildman–Crippen MR) is 93.2 cm³/mol. The molecule has 2 amide bonds. The van der Waals surface area contributed by atoms with Crippen LogP contribution in [0.5, 0.6) is 5.75 Å². The zero-order chi connectivity index (χ0) is 20.7. The second-order valence-corrected chi connectivity index (χ2v) is 6.02. The first-order chi connectivity index (χ1) is 13.1. The normalized spacial score (nSPS) is 12.5. The zero-order valence-corrected chi connectivity index (χ0v) is 14.9. The number of hydrogen-bond acceptors (Lipinski definition) is 2. The third-order valence-electron chi connectivity index (χ3n) is 3.91. The van der Waals surface area contributed by atoms with Crippen molar-refractivity contribution in [3.63, 3.8) is 0 Å². The first kappa shape index (κ1) is 21.5. The summed E-state index contributed by atoms with van der Waals surface area (Å²) in [6, 6.07) is 9.61. The van der Waals surface area contributed by atoms with Crippen LogP contribution in [0, 0.1) is 0 Å². The molecule has 152 valence electrons. The van der Waals surface area contributed by atoms with Crippen LogP contribution >= 0.6 is 0 Å². The number of halogens is 5. The number of benzene rings is 2. The lowest BCUT2D eigenvalue weighted by Gasteiger charge is -2.17. The summed E-state index contributed by atoms with van der Waals surface area (Å²) in [7, 11) is 0. The van der Waals surface area contributed by atoms with Crippen LogP contribution in [0.1, 0.15) is 29.7 Å². The lowest BCUT2D eigenvalue weighted by molar-refractivity contribution is -0.137. The Hall–Kier alpha value is -2.84. The minimum absolute atomic E-state index is 0.0411. The lowest BCUT2D eigenvalue weighted by Crippen LogP contribution is -2.38. The first-order valence-corrected chi connectivity index (χ1v) is 8.40. The van der Waals surface area contributed by atoms with Crippen molar-refractivity contribution in [3.05, 3.63) is 65.2 Å². The molecular weight excluding hydrogens is 383 g/mol. The van der Waals surface area contributed by atoms with Crippen LogP contribution in [0.25, 0.3) is 0 Å². The Morgan fingerprint density at radius 2 is 1.79 bits per heavy atom. The van der Waals surface area contributed by atoms with E-state index < -0.39 is 30.4 Å². The van der Waals surface area contributed by atoms with Gasteiger partial charge in [-0.1, -0.05) is 24.3 Å². The molecule has 0 bridgehead atoms. The van der Waals surface area contributed by atoms with Gasteiger partial charge in [0.1, 0.15) is 5.75 Å². The summed E-state index contributed by atoms with van der Waals surface area (Å²) in [5.41, 5.74) is 0.353. The minimum Gasteiger partial charge on any atom is -0.435 e. The fraction of sp³-hybridized carbons (Fsp3) is 0.316. The summed E-state index contributed by atoms with van der Waals surface area (Å²) in [5, 5.41) is 5.17. The predicted octanol–water partition coefficient (Wildman–Crippen LogP) is 4.91. The van der Waals surface area contributed by atoms with Gasteiger partial charge in [0.2, 0.25) is 0 Å². The van der Waals surface area contributed by atoms with E-state index in [1.807, 2.05) is 0 Å². The van der Waals surface area contributed by atoms with Crippen molar-refractivity contribution in [3.8, 4) is 5.75 Å². The number of rotatable bonds is 7. The Balaban J connectivity index is 1.81. The second-order valence-electron chi connectivity index (χ2n) is 6.02. The Kier molecular flexibility index (Phi) is 7.19. The molecule has 0 fully saturated rings. The maximum Gasteiger partial charge on any atom is 0.416 e. The standard InChI is InChI=1S/C19H19F5N2O2/c1-12(14-3-2-4-15(11-14)19(22,23)24)26-18(27)25-10-9-13-5-7-16(8-6-13)28-17(20)21/h2-8,11-12,17H,9-10H2,1H3,(H2,25,26,27). The molecule has 4 nitrogen and oxygen atoms in total. The monoisotopic (exact) mass is 402 g/mol. The summed E-state index contributed by atoms with van der Waals surface area (Å²) in [5.74, 6) is 0.0411. The number of carbonyl (C=O) groups is 1. The van der Waals surface area contributed by atoms with Crippen LogP contribution in [-0.4, -0.2) is 19.2 Å². The smallest absolute Gasteiger partial charge is 0.416 e. The largest absolute Gasteiger partial charge is 0.435 e. The van der Waals surface area contributed by atoms with Crippen molar-refractivity contribution in [2.24, 2.45) is 0 Å². The molecule has 1 atom stereocenters. The zero-order valence-electron chi connectivity index (χ0n) is 14.9. The van der Waals surface area contributed by atoms with E-state index in [-0.39, 0.29) is 12.3 Å². The third-order valence-corrected chi connectivity index (χ3v) is 3.91. The van der Waals surface area contributed by atoms with Crippen LogP contribution in [0.15, 0.2) is 48.5 Å². The van der Waals surface area contributed by atoms with Gasteiger partial charge in [-0.05, 0) is 48.7 Å². The molecule has 2 aromatic carbocycles. The average molecular weight is 402 g/mol. The fourth-order valence-corrected chi connectivity index (χ4v) is 2.47. The van der Waals surface area contributed by atoms with Crippen LogP contribution in [0.2, 0.25) is 0 Å². The van der Waals surface area contributed by atoms with Gasteiger partial charge in [0, 0.05) is 6.54 Å². The molecule has 0 saturated carbocycles. The fourth-order valence-electron chi connectivity index (χ4n) is 2.47. The number of ether oxygens (including phenoxy) is 1. The van der Waals surface area contributed by atoms with Crippen molar-refractivity contribution in [2.45, 2.75) is 32.2 Å². The average Bonchev–Trinajstić information content (AvgIpc) is 2.62. The van der Waals surface area contributed by atoms with Crippen molar-refractivity contribution in [1.82, 2.24) is 10.6 Å². The third kappa shape index (κ3) is 6.71. The van der Waals surface area contributed by atoms with E-state index in [1.165, 1.54) is 24.3 Å². The van der Waals surface area contributed by atoms with Gasteiger partial charge in [-0.2, -0.15) is 22.0 Å². The second kappa shape index (κ2) is 9.38. The van der Waals surface area contributed by atoms with E-state index in [2.05, 4.69) is 15.4 Å². The van der Waals surface area contributed by atoms with E-state index in [9.17, 15) is 26.7 Å². The van der Waals surface area contributed by atoms with Crippen molar-refractivity contribution in [2.75, 3.05) is 6.54 Å².